The Hall–Kier alpha value is -4.55. The first kappa shape index (κ1) is 32.0. The van der Waals surface area contributed by atoms with Crippen molar-refractivity contribution in [2.24, 2.45) is 11.6 Å². The Labute approximate surface area is 243 Å². The number of benzene rings is 2. The molecule has 9 nitrogen and oxygen atoms in total. The summed E-state index contributed by atoms with van der Waals surface area (Å²) in [6.07, 6.45) is 3.74. The molecule has 1 amide bonds. The van der Waals surface area contributed by atoms with Gasteiger partial charge in [0.1, 0.15) is 5.75 Å². The van der Waals surface area contributed by atoms with Crippen LogP contribution in [0.4, 0.5) is 24.5 Å². The number of nitrogens with zero attached hydrogens (tertiary/aromatic N) is 2. The third-order valence-electron chi connectivity index (χ3n) is 6.21. The second-order valence-electron chi connectivity index (χ2n) is 9.83. The molecule has 224 valence electrons. The van der Waals surface area contributed by atoms with Gasteiger partial charge in [0.05, 0.1) is 29.7 Å². The molecule has 12 heteroatoms. The number of hydrogen-bond acceptors (Lipinski definition) is 8. The molecule has 0 radical (unpaired) electrons. The number of amides is 1. The summed E-state index contributed by atoms with van der Waals surface area (Å²) in [5, 5.41) is 9.85. The number of hydrazine groups is 1. The molecular formula is C30H36F3N7O2. The summed E-state index contributed by atoms with van der Waals surface area (Å²) in [5.74, 6) is 5.80. The van der Waals surface area contributed by atoms with Crippen molar-refractivity contribution in [2.75, 3.05) is 24.5 Å². The van der Waals surface area contributed by atoms with Crippen LogP contribution in [0.3, 0.4) is 0 Å². The van der Waals surface area contributed by atoms with Gasteiger partial charge in [0, 0.05) is 54.9 Å². The number of carbonyl (C=O) groups excluding carboxylic acids is 1. The molecule has 0 spiro atoms. The number of rotatable bonds is 11. The molecule has 0 saturated heterocycles. The lowest BCUT2D eigenvalue weighted by atomic mass is 10.1. The van der Waals surface area contributed by atoms with Crippen molar-refractivity contribution in [3.63, 3.8) is 0 Å². The lowest BCUT2D eigenvalue weighted by Crippen LogP contribution is -2.27. The summed E-state index contributed by atoms with van der Waals surface area (Å²) >= 11 is 0. The number of halogens is 3. The normalized spacial score (nSPS) is 12.1. The van der Waals surface area contributed by atoms with Crippen molar-refractivity contribution in [3.8, 4) is 5.75 Å². The Morgan fingerprint density at radius 2 is 1.88 bits per heavy atom. The summed E-state index contributed by atoms with van der Waals surface area (Å²) in [4.78, 5) is 17.5. The summed E-state index contributed by atoms with van der Waals surface area (Å²) in [7, 11) is 3.12. The van der Waals surface area contributed by atoms with Crippen LogP contribution >= 0.6 is 0 Å². The summed E-state index contributed by atoms with van der Waals surface area (Å²) in [6, 6.07) is 8.49. The average molecular weight is 584 g/mol. The first-order valence-electron chi connectivity index (χ1n) is 13.1. The van der Waals surface area contributed by atoms with Crippen LogP contribution in [-0.2, 0) is 12.7 Å². The molecule has 0 bridgehead atoms. The number of aryl methyl sites for hydroxylation is 1. The predicted molar refractivity (Wildman–Crippen MR) is 160 cm³/mol. The van der Waals surface area contributed by atoms with Crippen molar-refractivity contribution in [3.05, 3.63) is 94.6 Å². The standard InChI is InChI=1S/C30H36F3N7O2/c1-18(2)38-16-23-11-24(30(31,32)33)13-26(28(23)42-5)39-29(41)21-7-6-19(3)27(12-21)40(35)17-25(34)22-10-20(8-9-36-4)14-37-15-22/h6-15,17-18,36,38H,16,34-35H2,1-5H3,(H,39,41)/b9-8-,25-17-. The van der Waals surface area contributed by atoms with Gasteiger partial charge in [0.15, 0.2) is 0 Å². The van der Waals surface area contributed by atoms with E-state index in [1.807, 2.05) is 26.0 Å². The molecule has 0 aliphatic heterocycles. The smallest absolute Gasteiger partial charge is 0.416 e. The van der Waals surface area contributed by atoms with Crippen LogP contribution in [0.25, 0.3) is 11.8 Å². The summed E-state index contributed by atoms with van der Waals surface area (Å²) in [6.45, 7) is 5.66. The highest BCUT2D eigenvalue weighted by Gasteiger charge is 2.33. The van der Waals surface area contributed by atoms with Gasteiger partial charge >= 0.3 is 6.18 Å². The molecule has 7 N–H and O–H groups in total. The van der Waals surface area contributed by atoms with Crippen molar-refractivity contribution in [2.45, 2.75) is 39.5 Å². The van der Waals surface area contributed by atoms with Crippen LogP contribution < -0.4 is 37.3 Å². The van der Waals surface area contributed by atoms with Crippen LogP contribution in [0.5, 0.6) is 5.75 Å². The number of anilines is 2. The van der Waals surface area contributed by atoms with E-state index in [2.05, 4.69) is 20.9 Å². The van der Waals surface area contributed by atoms with E-state index in [1.165, 1.54) is 24.4 Å². The maximum atomic E-state index is 13.7. The van der Waals surface area contributed by atoms with Crippen LogP contribution in [0.15, 0.2) is 61.2 Å². The van der Waals surface area contributed by atoms with Crippen LogP contribution in [0.1, 0.15) is 52.0 Å². The Morgan fingerprint density at radius 3 is 2.52 bits per heavy atom. The first-order valence-corrected chi connectivity index (χ1v) is 13.1. The van der Waals surface area contributed by atoms with Crippen LogP contribution in [-0.4, -0.2) is 31.1 Å². The maximum Gasteiger partial charge on any atom is 0.416 e. The van der Waals surface area contributed by atoms with Crippen molar-refractivity contribution < 1.29 is 22.7 Å². The molecule has 3 aromatic rings. The molecule has 0 atom stereocenters. The minimum absolute atomic E-state index is 0.0194. The highest BCUT2D eigenvalue weighted by molar-refractivity contribution is 6.06. The molecule has 0 aliphatic rings. The lowest BCUT2D eigenvalue weighted by molar-refractivity contribution is -0.137. The van der Waals surface area contributed by atoms with Gasteiger partial charge in [0.2, 0.25) is 0 Å². The van der Waals surface area contributed by atoms with Crippen molar-refractivity contribution in [1.82, 2.24) is 15.6 Å². The molecule has 1 heterocycles. The van der Waals surface area contributed by atoms with E-state index < -0.39 is 17.6 Å². The molecule has 0 aliphatic carbocycles. The number of alkyl halides is 3. The topological polar surface area (TPSA) is 131 Å². The Morgan fingerprint density at radius 1 is 1.14 bits per heavy atom. The Kier molecular flexibility index (Phi) is 10.6. The zero-order chi connectivity index (χ0) is 31.0. The zero-order valence-corrected chi connectivity index (χ0v) is 24.1. The first-order chi connectivity index (χ1) is 19.8. The number of pyridine rings is 1. The number of nitrogens with one attached hydrogen (secondary N) is 3. The van der Waals surface area contributed by atoms with Gasteiger partial charge in [-0.2, -0.15) is 13.2 Å². The zero-order valence-electron chi connectivity index (χ0n) is 24.1. The SMILES string of the molecule is CN/C=C\c1cncc(/C(N)=C/N(N)c2cc(C(=O)Nc3cc(C(F)(F)F)cc(CNC(C)C)c3OC)ccc2C)c1. The largest absolute Gasteiger partial charge is 0.494 e. The summed E-state index contributed by atoms with van der Waals surface area (Å²) < 4.78 is 46.6. The number of methoxy groups -OCH3 is 1. The van der Waals surface area contributed by atoms with Gasteiger partial charge in [-0.3, -0.25) is 14.8 Å². The summed E-state index contributed by atoms with van der Waals surface area (Å²) in [5.41, 5.74) is 8.69. The molecule has 1 aromatic heterocycles. The molecule has 3 rings (SSSR count). The third-order valence-corrected chi connectivity index (χ3v) is 6.21. The van der Waals surface area contributed by atoms with E-state index in [4.69, 9.17) is 16.3 Å². The van der Waals surface area contributed by atoms with E-state index in [0.29, 0.717) is 16.9 Å². The molecule has 42 heavy (non-hydrogen) atoms. The number of hydrogen-bond donors (Lipinski definition) is 5. The number of nitrogens with two attached hydrogens (primary N) is 2. The van der Waals surface area contributed by atoms with Crippen LogP contribution in [0, 0.1) is 6.92 Å². The van der Waals surface area contributed by atoms with Crippen molar-refractivity contribution in [1.29, 1.82) is 0 Å². The van der Waals surface area contributed by atoms with E-state index in [9.17, 15) is 18.0 Å². The van der Waals surface area contributed by atoms with E-state index in [0.717, 1.165) is 23.3 Å². The fraction of sp³-hybridized carbons (Fsp3) is 0.267. The van der Waals surface area contributed by atoms with E-state index in [1.54, 1.807) is 44.7 Å². The van der Waals surface area contributed by atoms with Crippen molar-refractivity contribution >= 4 is 29.1 Å². The van der Waals surface area contributed by atoms with Gasteiger partial charge in [-0.1, -0.05) is 19.9 Å². The monoisotopic (exact) mass is 583 g/mol. The molecular weight excluding hydrogens is 547 g/mol. The Bertz CT molecular complexity index is 1470. The average Bonchev–Trinajstić information content (AvgIpc) is 2.94. The lowest BCUT2D eigenvalue weighted by Gasteiger charge is -2.20. The maximum absolute atomic E-state index is 13.7. The van der Waals surface area contributed by atoms with Gasteiger partial charge in [-0.25, -0.2) is 5.84 Å². The highest BCUT2D eigenvalue weighted by Crippen LogP contribution is 2.38. The van der Waals surface area contributed by atoms with Crippen LogP contribution in [0.2, 0.25) is 0 Å². The number of aromatic nitrogens is 1. The fourth-order valence-electron chi connectivity index (χ4n) is 4.04. The second kappa shape index (κ2) is 13.9. The second-order valence-corrected chi connectivity index (χ2v) is 9.83. The predicted octanol–water partition coefficient (Wildman–Crippen LogP) is 5.00. The van der Waals surface area contributed by atoms with Gasteiger partial charge in [-0.05, 0) is 60.7 Å². The number of carbonyl (C=O) groups is 1. The van der Waals surface area contributed by atoms with Gasteiger partial charge < -0.3 is 26.4 Å². The quantitative estimate of drug-likeness (QED) is 0.158. The Balaban J connectivity index is 1.93. The van der Waals surface area contributed by atoms with E-state index >= 15 is 0 Å². The van der Waals surface area contributed by atoms with E-state index in [-0.39, 0.29) is 35.2 Å². The fourth-order valence-corrected chi connectivity index (χ4v) is 4.04. The molecule has 0 fully saturated rings. The minimum Gasteiger partial charge on any atom is -0.494 e. The third kappa shape index (κ3) is 8.24. The minimum atomic E-state index is -4.63. The highest BCUT2D eigenvalue weighted by atomic mass is 19.4. The number of ether oxygens (including phenoxy) is 1. The van der Waals surface area contributed by atoms with Gasteiger partial charge in [0.25, 0.3) is 5.91 Å². The molecule has 0 saturated carbocycles. The molecule has 0 unspecified atom stereocenters. The van der Waals surface area contributed by atoms with Gasteiger partial charge in [-0.15, -0.1) is 0 Å². The molecule has 2 aromatic carbocycles.